The molecule has 8 heteroatoms. The van der Waals surface area contributed by atoms with Gasteiger partial charge in [-0.05, 0) is 24.3 Å². The van der Waals surface area contributed by atoms with Gasteiger partial charge in [-0.25, -0.2) is 4.98 Å². The number of thiazole rings is 1. The Morgan fingerprint density at radius 3 is 2.76 bits per heavy atom. The van der Waals surface area contributed by atoms with Crippen LogP contribution in [0.5, 0.6) is 11.5 Å². The molecule has 0 aliphatic heterocycles. The van der Waals surface area contributed by atoms with Crippen LogP contribution < -0.4 is 20.2 Å². The maximum Gasteiger partial charge on any atom is 0.264 e. The molecule has 0 bridgehead atoms. The third-order valence-corrected chi connectivity index (χ3v) is 5.09. The van der Waals surface area contributed by atoms with Crippen LogP contribution in [0.25, 0.3) is 22.2 Å². The number of para-hydroxylation sites is 1. The molecule has 0 spiro atoms. The molecule has 7 nitrogen and oxygen atoms in total. The maximum absolute atomic E-state index is 12.6. The molecule has 1 N–H and O–H groups in total. The Hall–Kier alpha value is -3.65. The van der Waals surface area contributed by atoms with E-state index in [1.807, 2.05) is 6.07 Å². The summed E-state index contributed by atoms with van der Waals surface area (Å²) in [7, 11) is 3.14. The Kier molecular flexibility index (Phi) is 5.01. The van der Waals surface area contributed by atoms with Crippen molar-refractivity contribution in [1.29, 1.82) is 0 Å². The van der Waals surface area contributed by atoms with E-state index in [9.17, 15) is 9.59 Å². The molecule has 0 unspecified atom stereocenters. The summed E-state index contributed by atoms with van der Waals surface area (Å²) >= 11 is 1.24. The van der Waals surface area contributed by atoms with Crippen LogP contribution in [-0.4, -0.2) is 25.1 Å². The van der Waals surface area contributed by atoms with E-state index in [0.717, 1.165) is 5.56 Å². The monoisotopic (exact) mass is 408 g/mol. The number of anilines is 1. The van der Waals surface area contributed by atoms with Crippen molar-refractivity contribution < 1.29 is 18.7 Å². The minimum absolute atomic E-state index is 0.0810. The number of rotatable bonds is 5. The van der Waals surface area contributed by atoms with Crippen molar-refractivity contribution in [3.05, 3.63) is 69.9 Å². The number of benzene rings is 2. The topological polar surface area (TPSA) is 90.7 Å². The highest BCUT2D eigenvalue weighted by atomic mass is 32.1. The lowest BCUT2D eigenvalue weighted by molar-refractivity contribution is 0.102. The van der Waals surface area contributed by atoms with Crippen molar-refractivity contribution in [3.8, 4) is 22.8 Å². The standard InChI is InChI=1S/C21H16N2O5S/c1-26-12-7-8-13(18(9-12)27-2)16-11-29-21(22-16)23-20(25)15-10-28-17-6-4-3-5-14(17)19(15)24/h3-11H,1-2H3,(H,22,23,25). The van der Waals surface area contributed by atoms with E-state index in [2.05, 4.69) is 10.3 Å². The molecule has 4 rings (SSSR count). The van der Waals surface area contributed by atoms with Gasteiger partial charge < -0.3 is 13.9 Å². The zero-order chi connectivity index (χ0) is 20.4. The van der Waals surface area contributed by atoms with Crippen LogP contribution in [0.15, 0.2) is 63.3 Å². The number of carbonyl (C=O) groups is 1. The molecule has 2 aromatic heterocycles. The van der Waals surface area contributed by atoms with Gasteiger partial charge in [-0.1, -0.05) is 12.1 Å². The number of hydrogen-bond donors (Lipinski definition) is 1. The summed E-state index contributed by atoms with van der Waals surface area (Å²) in [6, 6.07) is 12.2. The molecule has 29 heavy (non-hydrogen) atoms. The average Bonchev–Trinajstić information content (AvgIpc) is 3.21. The van der Waals surface area contributed by atoms with Gasteiger partial charge in [0.1, 0.15) is 28.9 Å². The van der Waals surface area contributed by atoms with Gasteiger partial charge >= 0.3 is 0 Å². The second-order valence-electron chi connectivity index (χ2n) is 6.03. The molecular formula is C21H16N2O5S. The second-order valence-corrected chi connectivity index (χ2v) is 6.89. The highest BCUT2D eigenvalue weighted by Crippen LogP contribution is 2.34. The fourth-order valence-corrected chi connectivity index (χ4v) is 3.57. The van der Waals surface area contributed by atoms with Crippen LogP contribution in [0, 0.1) is 0 Å². The molecule has 0 radical (unpaired) electrons. The van der Waals surface area contributed by atoms with Gasteiger partial charge in [-0.15, -0.1) is 11.3 Å². The lowest BCUT2D eigenvalue weighted by Crippen LogP contribution is -2.21. The Morgan fingerprint density at radius 1 is 1.14 bits per heavy atom. The molecule has 2 aromatic carbocycles. The van der Waals surface area contributed by atoms with Crippen molar-refractivity contribution in [2.24, 2.45) is 0 Å². The molecule has 1 amide bonds. The summed E-state index contributed by atoms with van der Waals surface area (Å²) in [4.78, 5) is 29.6. The first-order chi connectivity index (χ1) is 14.1. The normalized spacial score (nSPS) is 10.7. The van der Waals surface area contributed by atoms with Crippen molar-refractivity contribution >= 4 is 33.3 Å². The number of fused-ring (bicyclic) bond motifs is 1. The first-order valence-electron chi connectivity index (χ1n) is 8.60. The molecular weight excluding hydrogens is 392 g/mol. The molecule has 0 aliphatic rings. The number of amides is 1. The Balaban J connectivity index is 1.61. The molecule has 0 saturated carbocycles. The number of hydrogen-bond acceptors (Lipinski definition) is 7. The van der Waals surface area contributed by atoms with Crippen LogP contribution in [0.2, 0.25) is 0 Å². The minimum atomic E-state index is -0.577. The van der Waals surface area contributed by atoms with E-state index in [1.54, 1.807) is 56.0 Å². The highest BCUT2D eigenvalue weighted by molar-refractivity contribution is 7.14. The van der Waals surface area contributed by atoms with E-state index < -0.39 is 11.3 Å². The van der Waals surface area contributed by atoms with E-state index in [0.29, 0.717) is 33.3 Å². The Labute approximate surface area is 169 Å². The SMILES string of the molecule is COc1ccc(-c2csc(NC(=O)c3coc4ccccc4c3=O)n2)c(OC)c1. The van der Waals surface area contributed by atoms with Crippen molar-refractivity contribution in [2.45, 2.75) is 0 Å². The molecule has 146 valence electrons. The summed E-state index contributed by atoms with van der Waals surface area (Å²) in [5.41, 5.74) is 1.35. The minimum Gasteiger partial charge on any atom is -0.497 e. The maximum atomic E-state index is 12.6. The third kappa shape index (κ3) is 3.57. The van der Waals surface area contributed by atoms with Crippen molar-refractivity contribution in [1.82, 2.24) is 4.98 Å². The quantitative estimate of drug-likeness (QED) is 0.533. The second kappa shape index (κ2) is 7.76. The van der Waals surface area contributed by atoms with E-state index in [4.69, 9.17) is 13.9 Å². The number of methoxy groups -OCH3 is 2. The zero-order valence-electron chi connectivity index (χ0n) is 15.6. The number of ether oxygens (including phenoxy) is 2. The van der Waals surface area contributed by atoms with Crippen LogP contribution in [0.1, 0.15) is 10.4 Å². The fourth-order valence-electron chi connectivity index (χ4n) is 2.86. The van der Waals surface area contributed by atoms with Crippen LogP contribution >= 0.6 is 11.3 Å². The van der Waals surface area contributed by atoms with Gasteiger partial charge in [0.2, 0.25) is 5.43 Å². The van der Waals surface area contributed by atoms with Crippen molar-refractivity contribution in [2.75, 3.05) is 19.5 Å². The summed E-state index contributed by atoms with van der Waals surface area (Å²) in [5, 5.41) is 5.16. The van der Waals surface area contributed by atoms with Gasteiger partial charge in [0.05, 0.1) is 25.3 Å². The van der Waals surface area contributed by atoms with Crippen molar-refractivity contribution in [3.63, 3.8) is 0 Å². The fraction of sp³-hybridized carbons (Fsp3) is 0.0952. The zero-order valence-corrected chi connectivity index (χ0v) is 16.4. The summed E-state index contributed by atoms with van der Waals surface area (Å²) < 4.78 is 16.0. The predicted octanol–water partition coefficient (Wildman–Crippen LogP) is 4.19. The summed E-state index contributed by atoms with van der Waals surface area (Å²) in [5.74, 6) is 0.687. The van der Waals surface area contributed by atoms with Crippen LogP contribution in [0.3, 0.4) is 0 Å². The smallest absolute Gasteiger partial charge is 0.264 e. The lowest BCUT2D eigenvalue weighted by Gasteiger charge is -2.08. The number of nitrogens with one attached hydrogen (secondary N) is 1. The highest BCUT2D eigenvalue weighted by Gasteiger charge is 2.17. The van der Waals surface area contributed by atoms with E-state index >= 15 is 0 Å². The lowest BCUT2D eigenvalue weighted by atomic mass is 10.1. The molecule has 4 aromatic rings. The molecule has 0 saturated heterocycles. The number of aromatic nitrogens is 1. The summed E-state index contributed by atoms with van der Waals surface area (Å²) in [6.45, 7) is 0. The van der Waals surface area contributed by atoms with E-state index in [1.165, 1.54) is 17.6 Å². The molecule has 0 atom stereocenters. The predicted molar refractivity (Wildman–Crippen MR) is 111 cm³/mol. The summed E-state index contributed by atoms with van der Waals surface area (Å²) in [6.07, 6.45) is 1.17. The van der Waals surface area contributed by atoms with Gasteiger partial charge in [0.15, 0.2) is 5.13 Å². The van der Waals surface area contributed by atoms with E-state index in [-0.39, 0.29) is 5.56 Å². The van der Waals surface area contributed by atoms with Crippen LogP contribution in [0.4, 0.5) is 5.13 Å². The molecule has 0 aliphatic carbocycles. The van der Waals surface area contributed by atoms with Gasteiger partial charge in [-0.2, -0.15) is 0 Å². The first-order valence-corrected chi connectivity index (χ1v) is 9.48. The molecule has 0 fully saturated rings. The molecule has 2 heterocycles. The number of carbonyl (C=O) groups excluding carboxylic acids is 1. The van der Waals surface area contributed by atoms with Gasteiger partial charge in [-0.3, -0.25) is 14.9 Å². The number of nitrogens with zero attached hydrogens (tertiary/aromatic N) is 1. The largest absolute Gasteiger partial charge is 0.497 e. The van der Waals surface area contributed by atoms with Crippen LogP contribution in [-0.2, 0) is 0 Å². The average molecular weight is 408 g/mol. The third-order valence-electron chi connectivity index (χ3n) is 4.33. The van der Waals surface area contributed by atoms with Gasteiger partial charge in [0.25, 0.3) is 5.91 Å². The Bertz CT molecular complexity index is 1260. The Morgan fingerprint density at radius 2 is 1.97 bits per heavy atom. The van der Waals surface area contributed by atoms with Gasteiger partial charge in [0, 0.05) is 17.0 Å². The first kappa shape index (κ1) is 18.7.